The highest BCUT2D eigenvalue weighted by molar-refractivity contribution is 6.13. The quantitative estimate of drug-likeness (QED) is 0.0432. The number of amides is 4. The number of halogens is 2. The fourth-order valence-electron chi connectivity index (χ4n) is 9.56. The number of aliphatic hydroxyl groups is 1. The van der Waals surface area contributed by atoms with E-state index in [9.17, 15) is 43.1 Å². The Labute approximate surface area is 505 Å². The molecule has 0 radical (unpaired) electrons. The van der Waals surface area contributed by atoms with Crippen LogP contribution in [0.2, 0.25) is 0 Å². The molecule has 0 unspecified atom stereocenters. The van der Waals surface area contributed by atoms with E-state index in [4.69, 9.17) is 37.9 Å². The first kappa shape index (κ1) is 72.5. The average Bonchev–Trinajstić information content (AvgIpc) is 1.83. The van der Waals surface area contributed by atoms with Crippen molar-refractivity contribution in [2.75, 3.05) is 132 Å². The van der Waals surface area contributed by atoms with Gasteiger partial charge in [-0.3, -0.25) is 38.5 Å². The number of hydrogen-bond acceptors (Lipinski definition) is 16. The summed E-state index contributed by atoms with van der Waals surface area (Å²) < 4.78 is 75.7. The molecular formula is C64H92F2N4O16. The van der Waals surface area contributed by atoms with E-state index in [2.05, 4.69) is 5.32 Å². The van der Waals surface area contributed by atoms with E-state index in [0.29, 0.717) is 130 Å². The van der Waals surface area contributed by atoms with Gasteiger partial charge in [0.1, 0.15) is 35.6 Å². The number of nitrogens with zero attached hydrogens (tertiary/aromatic N) is 3. The van der Waals surface area contributed by atoms with Gasteiger partial charge in [-0.15, -0.1) is 0 Å². The van der Waals surface area contributed by atoms with Gasteiger partial charge >= 0.3 is 0 Å². The monoisotopic (exact) mass is 1210 g/mol. The van der Waals surface area contributed by atoms with Crippen LogP contribution in [0.5, 0.6) is 0 Å². The summed E-state index contributed by atoms with van der Waals surface area (Å²) in [5.41, 5.74) is 1.49. The van der Waals surface area contributed by atoms with Gasteiger partial charge in [-0.2, -0.15) is 0 Å². The van der Waals surface area contributed by atoms with Crippen LogP contribution in [0.15, 0.2) is 72.9 Å². The molecule has 2 heterocycles. The zero-order valence-corrected chi connectivity index (χ0v) is 51.2. The van der Waals surface area contributed by atoms with Gasteiger partial charge in [0.25, 0.3) is 11.8 Å². The Balaban J connectivity index is 0.999. The first-order valence-corrected chi connectivity index (χ1v) is 29.9. The summed E-state index contributed by atoms with van der Waals surface area (Å²) in [4.78, 5) is 91.1. The number of aliphatic hydroxyl groups excluding tert-OH is 1. The molecule has 1 aromatic heterocycles. The predicted octanol–water partition coefficient (Wildman–Crippen LogP) is 6.91. The number of ketones is 3. The van der Waals surface area contributed by atoms with Crippen molar-refractivity contribution in [1.82, 2.24) is 19.7 Å². The molecule has 3 atom stereocenters. The topological polar surface area (TPSA) is 237 Å². The molecule has 20 nitrogen and oxygen atoms in total. The normalized spacial score (nSPS) is 13.6. The van der Waals surface area contributed by atoms with Crippen molar-refractivity contribution in [1.29, 1.82) is 0 Å². The number of Topliss-reactive ketones (excluding diaryl/α,β-unsaturated/α-hetero) is 3. The minimum atomic E-state index is -0.769. The Kier molecular flexibility index (Phi) is 34.1. The van der Waals surface area contributed by atoms with Gasteiger partial charge < -0.3 is 57.8 Å². The standard InChI is InChI=1S/C64H92F2N4O16/c1-47(2)54(43-53(73)20-25-80-27-29-82-31-33-84-35-37-86-39-38-85-36-34-83-32-30-81-28-26-79-24-10-14-52(72)19-23-69-59(75)17-18-60(69)76)58(74)40-48(3)63(78)67-21-11-22-70(61(77)46-71)62(64(4,5)6)57-41-50(55-42-51(65)15-16-56(55)66)45-68(57)44-49-12-8-7-9-13-49/h7-9,12-13,15-18,41-42,45,47-48,54,62,71H,10-11,14,19-40,43-44,46H2,1-6H3,(H,67,78)/t48-,54+,62+/m1/s1. The number of rotatable bonds is 48. The highest BCUT2D eigenvalue weighted by Gasteiger charge is 2.37. The van der Waals surface area contributed by atoms with E-state index in [1.54, 1.807) is 24.1 Å². The second-order valence-electron chi connectivity index (χ2n) is 22.4. The highest BCUT2D eigenvalue weighted by atomic mass is 19.1. The minimum Gasteiger partial charge on any atom is -0.387 e. The lowest BCUT2D eigenvalue weighted by Gasteiger charge is -2.41. The van der Waals surface area contributed by atoms with Crippen LogP contribution in [-0.4, -0.2) is 192 Å². The number of benzene rings is 2. The van der Waals surface area contributed by atoms with E-state index >= 15 is 4.39 Å². The number of nitrogens with one attached hydrogen (secondary N) is 1. The molecular weight excluding hydrogens is 1120 g/mol. The second-order valence-corrected chi connectivity index (χ2v) is 22.4. The lowest BCUT2D eigenvalue weighted by Crippen LogP contribution is -2.44. The van der Waals surface area contributed by atoms with E-state index in [-0.39, 0.29) is 105 Å². The molecule has 4 amide bonds. The van der Waals surface area contributed by atoms with Crippen LogP contribution in [0.25, 0.3) is 11.1 Å². The van der Waals surface area contributed by atoms with Gasteiger partial charge in [0.15, 0.2) is 0 Å². The van der Waals surface area contributed by atoms with Crippen molar-refractivity contribution in [2.24, 2.45) is 23.2 Å². The van der Waals surface area contributed by atoms with E-state index < -0.39 is 47.4 Å². The smallest absolute Gasteiger partial charge is 0.253 e. The number of hydrogen-bond donors (Lipinski definition) is 2. The van der Waals surface area contributed by atoms with Crippen molar-refractivity contribution < 1.29 is 85.3 Å². The van der Waals surface area contributed by atoms with Crippen LogP contribution >= 0.6 is 0 Å². The SMILES string of the molecule is CC(C)[C@H](CC(=O)CCOCCOCCOCCOCCOCCOCCOCCOCCCC(=O)CCN1C(=O)C=CC1=O)C(=O)C[C@@H](C)C(=O)NCCCN(C(=O)CO)[C@@H](c1cc(-c2cc(F)ccc2F)cn1Cc1ccccc1)C(C)(C)C. The van der Waals surface area contributed by atoms with Crippen molar-refractivity contribution in [3.8, 4) is 11.1 Å². The maximum absolute atomic E-state index is 15.2. The van der Waals surface area contributed by atoms with Gasteiger partial charge in [0, 0.05) is 112 Å². The largest absolute Gasteiger partial charge is 0.387 e. The molecule has 2 N–H and O–H groups in total. The van der Waals surface area contributed by atoms with E-state index in [1.165, 1.54) is 12.2 Å². The van der Waals surface area contributed by atoms with Crippen LogP contribution < -0.4 is 5.32 Å². The number of carbonyl (C=O) groups is 7. The van der Waals surface area contributed by atoms with Crippen LogP contribution in [0.1, 0.15) is 104 Å². The average molecular weight is 1210 g/mol. The summed E-state index contributed by atoms with van der Waals surface area (Å²) in [6, 6.07) is 14.0. The third kappa shape index (κ3) is 27.4. The van der Waals surface area contributed by atoms with E-state index in [0.717, 1.165) is 28.7 Å². The Morgan fingerprint density at radius 3 is 1.70 bits per heavy atom. The molecule has 0 bridgehead atoms. The lowest BCUT2D eigenvalue weighted by atomic mass is 9.83. The van der Waals surface area contributed by atoms with Gasteiger partial charge in [-0.1, -0.05) is 71.9 Å². The van der Waals surface area contributed by atoms with Crippen molar-refractivity contribution in [3.63, 3.8) is 0 Å². The molecule has 0 spiro atoms. The molecule has 478 valence electrons. The fraction of sp³-hybridized carbons (Fsp3) is 0.609. The molecule has 4 rings (SSSR count). The van der Waals surface area contributed by atoms with E-state index in [1.807, 2.05) is 69.5 Å². The summed E-state index contributed by atoms with van der Waals surface area (Å²) >= 11 is 0. The maximum atomic E-state index is 15.2. The zero-order chi connectivity index (χ0) is 62.7. The van der Waals surface area contributed by atoms with Gasteiger partial charge in [-0.05, 0) is 54.0 Å². The minimum absolute atomic E-state index is 0.0248. The van der Waals surface area contributed by atoms with Crippen molar-refractivity contribution in [2.45, 2.75) is 99.1 Å². The Morgan fingerprint density at radius 1 is 0.640 bits per heavy atom. The Hall–Kier alpha value is -5.95. The lowest BCUT2D eigenvalue weighted by molar-refractivity contribution is -0.140. The zero-order valence-electron chi connectivity index (χ0n) is 51.2. The summed E-state index contributed by atoms with van der Waals surface area (Å²) in [6.07, 6.45) is 5.59. The molecule has 1 aliphatic rings. The molecule has 3 aromatic rings. The third-order valence-electron chi connectivity index (χ3n) is 14.1. The maximum Gasteiger partial charge on any atom is 0.253 e. The van der Waals surface area contributed by atoms with Gasteiger partial charge in [0.2, 0.25) is 11.8 Å². The molecule has 0 aliphatic carbocycles. The number of ether oxygens (including phenoxy) is 8. The van der Waals surface area contributed by atoms with Crippen LogP contribution in [0, 0.1) is 34.8 Å². The predicted molar refractivity (Wildman–Crippen MR) is 317 cm³/mol. The van der Waals surface area contributed by atoms with Gasteiger partial charge in [-0.25, -0.2) is 8.78 Å². The first-order valence-electron chi connectivity index (χ1n) is 29.9. The Bertz CT molecular complexity index is 2550. The molecule has 0 saturated carbocycles. The molecule has 0 saturated heterocycles. The molecule has 0 fully saturated rings. The molecule has 22 heteroatoms. The third-order valence-corrected chi connectivity index (χ3v) is 14.1. The number of carbonyl (C=O) groups excluding carboxylic acids is 7. The summed E-state index contributed by atoms with van der Waals surface area (Å²) in [5, 5.41) is 13.1. The molecule has 1 aliphatic heterocycles. The fourth-order valence-corrected chi connectivity index (χ4v) is 9.56. The number of imide groups is 1. The van der Waals surface area contributed by atoms with Crippen LogP contribution in [0.3, 0.4) is 0 Å². The van der Waals surface area contributed by atoms with Crippen LogP contribution in [-0.2, 0) is 78.0 Å². The summed E-state index contributed by atoms with van der Waals surface area (Å²) in [7, 11) is 0. The summed E-state index contributed by atoms with van der Waals surface area (Å²) in [5.74, 6) is -4.56. The van der Waals surface area contributed by atoms with Crippen LogP contribution in [0.4, 0.5) is 8.78 Å². The number of aromatic nitrogens is 1. The summed E-state index contributed by atoms with van der Waals surface area (Å²) in [6.45, 7) is 17.3. The van der Waals surface area contributed by atoms with Crippen molar-refractivity contribution >= 4 is 41.0 Å². The molecule has 2 aromatic carbocycles. The van der Waals surface area contributed by atoms with Gasteiger partial charge in [0.05, 0.1) is 105 Å². The highest BCUT2D eigenvalue weighted by Crippen LogP contribution is 2.41. The second kappa shape index (κ2) is 40.5. The first-order chi connectivity index (χ1) is 41.3. The Morgan fingerprint density at radius 2 is 1.17 bits per heavy atom. The van der Waals surface area contributed by atoms with Crippen molar-refractivity contribution in [3.05, 3.63) is 95.8 Å². The molecule has 86 heavy (non-hydrogen) atoms.